The Labute approximate surface area is 206 Å². The van der Waals surface area contributed by atoms with Gasteiger partial charge in [0.25, 0.3) is 0 Å². The Balaban J connectivity index is 0.000000784. The molecule has 6 heteroatoms. The number of nitrogens with two attached hydrogens (primary N) is 1. The average molecular weight is 480 g/mol. The Bertz CT molecular complexity index is 1100. The Morgan fingerprint density at radius 2 is 1.37 bits per heavy atom. The molecule has 1 amide bonds. The topological polar surface area (TPSA) is 89.6 Å². The fourth-order valence-electron chi connectivity index (χ4n) is 3.36. The lowest BCUT2D eigenvalue weighted by molar-refractivity contribution is -0.136. The van der Waals surface area contributed by atoms with E-state index in [-0.39, 0.29) is 18.4 Å². The molecule has 0 aromatic heterocycles. The third-order valence-electron chi connectivity index (χ3n) is 5.45. The van der Waals surface area contributed by atoms with Crippen molar-refractivity contribution in [3.05, 3.63) is 89.5 Å². The molecule has 0 saturated carbocycles. The summed E-state index contributed by atoms with van der Waals surface area (Å²) in [7, 11) is 0. The molecular weight excluding hydrogens is 445 g/mol. The van der Waals surface area contributed by atoms with Crippen molar-refractivity contribution in [2.24, 2.45) is 11.7 Å². The maximum Gasteiger partial charge on any atom is 0.303 e. The van der Waals surface area contributed by atoms with E-state index < -0.39 is 17.5 Å². The van der Waals surface area contributed by atoms with E-state index in [2.05, 4.69) is 13.8 Å². The van der Waals surface area contributed by atoms with Gasteiger partial charge in [-0.1, -0.05) is 69.3 Å². The van der Waals surface area contributed by atoms with Gasteiger partial charge < -0.3 is 15.6 Å². The van der Waals surface area contributed by atoms with Crippen molar-refractivity contribution < 1.29 is 23.8 Å². The highest BCUT2D eigenvalue weighted by atomic mass is 19.1. The standard InChI is InChI=1S/C26H28FNO2.C3H6O2/c1-17(2)24(20-5-7-21(8-6-20)25(28)29)30-23-15-11-19(12-16-23)18-9-13-22(14-10-18)26(3,4)27;1-2-3(4)5/h5-17,24H,1-4H3,(H2,28,29);2H2,1H3,(H,4,5). The Kier molecular flexibility index (Phi) is 9.58. The van der Waals surface area contributed by atoms with Gasteiger partial charge in [0.2, 0.25) is 5.91 Å². The minimum Gasteiger partial charge on any atom is -0.485 e. The highest BCUT2D eigenvalue weighted by Gasteiger charge is 2.19. The quantitative estimate of drug-likeness (QED) is 0.367. The summed E-state index contributed by atoms with van der Waals surface area (Å²) in [5.74, 6) is -0.189. The number of primary amides is 1. The number of ether oxygens (including phenoxy) is 1. The number of benzene rings is 3. The summed E-state index contributed by atoms with van der Waals surface area (Å²) in [6.45, 7) is 8.90. The molecule has 0 aliphatic carbocycles. The third-order valence-corrected chi connectivity index (χ3v) is 5.45. The smallest absolute Gasteiger partial charge is 0.303 e. The number of amides is 1. The van der Waals surface area contributed by atoms with Gasteiger partial charge in [-0.25, -0.2) is 4.39 Å². The van der Waals surface area contributed by atoms with E-state index in [0.717, 1.165) is 22.4 Å². The van der Waals surface area contributed by atoms with E-state index in [0.29, 0.717) is 11.1 Å². The lowest BCUT2D eigenvalue weighted by Gasteiger charge is -2.23. The normalized spacial score (nSPS) is 11.9. The van der Waals surface area contributed by atoms with Crippen LogP contribution in [-0.2, 0) is 10.5 Å². The van der Waals surface area contributed by atoms with Crippen LogP contribution in [0.4, 0.5) is 4.39 Å². The van der Waals surface area contributed by atoms with Gasteiger partial charge in [0.1, 0.15) is 17.5 Å². The molecule has 0 radical (unpaired) electrons. The number of carbonyl (C=O) groups is 2. The molecule has 1 atom stereocenters. The van der Waals surface area contributed by atoms with E-state index in [1.807, 2.05) is 60.7 Å². The van der Waals surface area contributed by atoms with Crippen molar-refractivity contribution in [1.29, 1.82) is 0 Å². The lowest BCUT2D eigenvalue weighted by atomic mass is 9.96. The van der Waals surface area contributed by atoms with Crippen LogP contribution in [0.3, 0.4) is 0 Å². The molecule has 1 unspecified atom stereocenters. The summed E-state index contributed by atoms with van der Waals surface area (Å²) in [5.41, 5.74) is 8.17. The van der Waals surface area contributed by atoms with E-state index in [4.69, 9.17) is 15.6 Å². The number of aliphatic carboxylic acids is 1. The van der Waals surface area contributed by atoms with Gasteiger partial charge in [0.05, 0.1) is 0 Å². The van der Waals surface area contributed by atoms with Gasteiger partial charge in [-0.3, -0.25) is 9.59 Å². The first kappa shape index (κ1) is 27.6. The van der Waals surface area contributed by atoms with E-state index in [9.17, 15) is 14.0 Å². The summed E-state index contributed by atoms with van der Waals surface area (Å²) in [4.78, 5) is 20.7. The molecule has 5 nitrogen and oxygen atoms in total. The molecule has 3 aromatic rings. The van der Waals surface area contributed by atoms with Crippen LogP contribution in [0.25, 0.3) is 11.1 Å². The number of hydrogen-bond acceptors (Lipinski definition) is 3. The first-order chi connectivity index (χ1) is 16.4. The predicted octanol–water partition coefficient (Wildman–Crippen LogP) is 6.91. The van der Waals surface area contributed by atoms with Crippen molar-refractivity contribution in [1.82, 2.24) is 0 Å². The number of carboxylic acids is 1. The van der Waals surface area contributed by atoms with E-state index >= 15 is 0 Å². The van der Waals surface area contributed by atoms with Gasteiger partial charge in [-0.15, -0.1) is 0 Å². The molecule has 35 heavy (non-hydrogen) atoms. The fraction of sp³-hybridized carbons (Fsp3) is 0.310. The molecule has 0 bridgehead atoms. The van der Waals surface area contributed by atoms with Crippen LogP contribution in [0.1, 0.15) is 68.6 Å². The SMILES string of the molecule is CC(C)C(Oc1ccc(-c2ccc(C(C)(C)F)cc2)cc1)c1ccc(C(N)=O)cc1.CCC(=O)O. The molecular formula is C29H34FNO4. The average Bonchev–Trinajstić information content (AvgIpc) is 2.82. The van der Waals surface area contributed by atoms with Crippen LogP contribution in [0.5, 0.6) is 5.75 Å². The Morgan fingerprint density at radius 1 is 0.914 bits per heavy atom. The van der Waals surface area contributed by atoms with E-state index in [1.165, 1.54) is 0 Å². The molecule has 0 fully saturated rings. The van der Waals surface area contributed by atoms with Crippen LogP contribution in [0.15, 0.2) is 72.8 Å². The highest BCUT2D eigenvalue weighted by Crippen LogP contribution is 2.31. The monoisotopic (exact) mass is 479 g/mol. The lowest BCUT2D eigenvalue weighted by Crippen LogP contribution is -2.15. The van der Waals surface area contributed by atoms with Gasteiger partial charge in [0, 0.05) is 12.0 Å². The second-order valence-corrected chi connectivity index (χ2v) is 9.09. The van der Waals surface area contributed by atoms with Gasteiger partial charge >= 0.3 is 5.97 Å². The van der Waals surface area contributed by atoms with Crippen molar-refractivity contribution in [3.8, 4) is 16.9 Å². The molecule has 0 aliphatic heterocycles. The predicted molar refractivity (Wildman–Crippen MR) is 137 cm³/mol. The molecule has 0 aliphatic rings. The molecule has 0 saturated heterocycles. The number of alkyl halides is 1. The Hall–Kier alpha value is -3.67. The molecule has 3 aromatic carbocycles. The Morgan fingerprint density at radius 3 is 1.74 bits per heavy atom. The van der Waals surface area contributed by atoms with Crippen LogP contribution < -0.4 is 10.5 Å². The third kappa shape index (κ3) is 8.25. The number of rotatable bonds is 8. The number of hydrogen-bond donors (Lipinski definition) is 2. The second kappa shape index (κ2) is 12.2. The zero-order valence-electron chi connectivity index (χ0n) is 20.9. The molecule has 186 valence electrons. The van der Waals surface area contributed by atoms with E-state index in [1.54, 1.807) is 32.9 Å². The minimum atomic E-state index is -1.35. The van der Waals surface area contributed by atoms with Crippen molar-refractivity contribution in [2.75, 3.05) is 0 Å². The molecule has 0 spiro atoms. The summed E-state index contributed by atoms with van der Waals surface area (Å²) in [5, 5.41) is 7.72. The minimum absolute atomic E-state index is 0.149. The fourth-order valence-corrected chi connectivity index (χ4v) is 3.36. The number of carboxylic acid groups (broad SMARTS) is 1. The first-order valence-corrected chi connectivity index (χ1v) is 11.6. The molecule has 3 rings (SSSR count). The first-order valence-electron chi connectivity index (χ1n) is 11.6. The second-order valence-electron chi connectivity index (χ2n) is 9.09. The summed E-state index contributed by atoms with van der Waals surface area (Å²) in [6, 6.07) is 22.6. The zero-order chi connectivity index (χ0) is 26.2. The number of carbonyl (C=O) groups excluding carboxylic acids is 1. The van der Waals surface area contributed by atoms with Gasteiger partial charge in [-0.2, -0.15) is 0 Å². The van der Waals surface area contributed by atoms with Crippen LogP contribution in [-0.4, -0.2) is 17.0 Å². The maximum atomic E-state index is 14.1. The zero-order valence-corrected chi connectivity index (χ0v) is 20.9. The number of halogens is 1. The van der Waals surface area contributed by atoms with Crippen LogP contribution in [0.2, 0.25) is 0 Å². The van der Waals surface area contributed by atoms with Crippen LogP contribution >= 0.6 is 0 Å². The maximum absolute atomic E-state index is 14.1. The van der Waals surface area contributed by atoms with Gasteiger partial charge in [0.15, 0.2) is 0 Å². The molecule has 3 N–H and O–H groups in total. The van der Waals surface area contributed by atoms with Crippen molar-refractivity contribution in [2.45, 2.75) is 52.8 Å². The largest absolute Gasteiger partial charge is 0.485 e. The van der Waals surface area contributed by atoms with Crippen molar-refractivity contribution in [3.63, 3.8) is 0 Å². The van der Waals surface area contributed by atoms with Crippen molar-refractivity contribution >= 4 is 11.9 Å². The van der Waals surface area contributed by atoms with Gasteiger partial charge in [-0.05, 0) is 66.3 Å². The molecule has 0 heterocycles. The summed E-state index contributed by atoms with van der Waals surface area (Å²) in [6.07, 6.45) is 0.0730. The van der Waals surface area contributed by atoms with Crippen LogP contribution in [0, 0.1) is 5.92 Å². The summed E-state index contributed by atoms with van der Waals surface area (Å²) < 4.78 is 20.3. The summed E-state index contributed by atoms with van der Waals surface area (Å²) >= 11 is 0. The highest BCUT2D eigenvalue weighted by molar-refractivity contribution is 5.92.